The minimum absolute atomic E-state index is 0.0670. The Morgan fingerprint density at radius 2 is 1.94 bits per heavy atom. The van der Waals surface area contributed by atoms with Crippen molar-refractivity contribution in [3.8, 4) is 0 Å². The number of fused-ring (bicyclic) bond motifs is 1. The quantitative estimate of drug-likeness (QED) is 0.739. The van der Waals surface area contributed by atoms with Crippen molar-refractivity contribution in [2.24, 2.45) is 0 Å². The highest BCUT2D eigenvalue weighted by atomic mass is 35.5. The van der Waals surface area contributed by atoms with E-state index >= 15 is 0 Å². The van der Waals surface area contributed by atoms with E-state index in [0.29, 0.717) is 39.1 Å². The van der Waals surface area contributed by atoms with Crippen LogP contribution >= 0.6 is 11.6 Å². The molecular formula is C19H19ClF3N5O4. The van der Waals surface area contributed by atoms with E-state index in [1.807, 2.05) is 0 Å². The number of rotatable bonds is 3. The zero-order chi connectivity index (χ0) is 23.2. The highest BCUT2D eigenvalue weighted by molar-refractivity contribution is 6.33. The molecule has 2 aromatic heterocycles. The standard InChI is InChI=1S/C19H19ClF3N5O4/c1-10(29)24-11-8-13(19(21,22)23)16-25-14(15(20)28(16)9-11)17(30)26-4-2-12(3-5-26)27-6-7-32-18(27)31/h8-9,12H,2-7H2,1H3,(H,24,29). The first-order chi connectivity index (χ1) is 15.1. The van der Waals surface area contributed by atoms with Gasteiger partial charge in [0, 0.05) is 32.3 Å². The van der Waals surface area contributed by atoms with E-state index in [9.17, 15) is 27.6 Å². The number of cyclic esters (lactones) is 1. The van der Waals surface area contributed by atoms with Crippen molar-refractivity contribution in [1.29, 1.82) is 0 Å². The summed E-state index contributed by atoms with van der Waals surface area (Å²) in [7, 11) is 0. The lowest BCUT2D eigenvalue weighted by atomic mass is 10.0. The van der Waals surface area contributed by atoms with Gasteiger partial charge in [-0.25, -0.2) is 9.78 Å². The number of aromatic nitrogens is 2. The molecule has 4 heterocycles. The number of piperidine rings is 1. The maximum Gasteiger partial charge on any atom is 0.420 e. The van der Waals surface area contributed by atoms with Gasteiger partial charge in [-0.3, -0.25) is 14.0 Å². The molecule has 0 aromatic carbocycles. The van der Waals surface area contributed by atoms with Gasteiger partial charge in [-0.15, -0.1) is 0 Å². The highest BCUT2D eigenvalue weighted by Crippen LogP contribution is 2.36. The minimum atomic E-state index is -4.78. The maximum atomic E-state index is 13.6. The molecule has 172 valence electrons. The molecule has 2 aromatic rings. The molecule has 2 aliphatic heterocycles. The Morgan fingerprint density at radius 1 is 1.25 bits per heavy atom. The number of anilines is 1. The molecule has 1 N–H and O–H groups in total. The van der Waals surface area contributed by atoms with Crippen LogP contribution in [0, 0.1) is 0 Å². The van der Waals surface area contributed by atoms with Crippen molar-refractivity contribution >= 4 is 40.8 Å². The Balaban J connectivity index is 1.61. The van der Waals surface area contributed by atoms with Crippen LogP contribution in [0.25, 0.3) is 5.65 Å². The highest BCUT2D eigenvalue weighted by Gasteiger charge is 2.38. The van der Waals surface area contributed by atoms with Gasteiger partial charge in [0.1, 0.15) is 17.3 Å². The summed E-state index contributed by atoms with van der Waals surface area (Å²) in [5, 5.41) is 2.01. The van der Waals surface area contributed by atoms with E-state index in [-0.39, 0.29) is 28.7 Å². The summed E-state index contributed by atoms with van der Waals surface area (Å²) in [6.07, 6.45) is -2.97. The smallest absolute Gasteiger partial charge is 0.420 e. The number of imidazole rings is 1. The second kappa shape index (κ2) is 8.15. The Labute approximate surface area is 185 Å². The van der Waals surface area contributed by atoms with Gasteiger partial charge >= 0.3 is 12.3 Å². The van der Waals surface area contributed by atoms with Crippen LogP contribution in [0.3, 0.4) is 0 Å². The molecule has 0 atom stereocenters. The summed E-state index contributed by atoms with van der Waals surface area (Å²) in [6, 6.07) is 0.678. The van der Waals surface area contributed by atoms with Crippen LogP contribution in [-0.4, -0.2) is 69.4 Å². The summed E-state index contributed by atoms with van der Waals surface area (Å²) < 4.78 is 46.7. The van der Waals surface area contributed by atoms with Crippen LogP contribution in [0.5, 0.6) is 0 Å². The van der Waals surface area contributed by atoms with Gasteiger partial charge in [0.2, 0.25) is 5.91 Å². The summed E-state index contributed by atoms with van der Waals surface area (Å²) >= 11 is 6.26. The molecule has 0 aliphatic carbocycles. The first-order valence-electron chi connectivity index (χ1n) is 9.85. The Kier molecular flexibility index (Phi) is 5.65. The second-order valence-electron chi connectivity index (χ2n) is 7.60. The predicted molar refractivity (Wildman–Crippen MR) is 106 cm³/mol. The molecule has 0 spiro atoms. The molecule has 32 heavy (non-hydrogen) atoms. The van der Waals surface area contributed by atoms with E-state index in [4.69, 9.17) is 16.3 Å². The molecule has 2 fully saturated rings. The predicted octanol–water partition coefficient (Wildman–Crippen LogP) is 3.02. The summed E-state index contributed by atoms with van der Waals surface area (Å²) in [5.41, 5.74) is -2.10. The number of ether oxygens (including phenoxy) is 1. The van der Waals surface area contributed by atoms with Crippen LogP contribution in [0.2, 0.25) is 5.15 Å². The normalized spacial score (nSPS) is 17.7. The number of hydrogen-bond acceptors (Lipinski definition) is 5. The molecule has 9 nitrogen and oxygen atoms in total. The number of alkyl halides is 3. The van der Waals surface area contributed by atoms with Crippen LogP contribution in [0.15, 0.2) is 12.3 Å². The van der Waals surface area contributed by atoms with Crippen LogP contribution < -0.4 is 5.32 Å². The van der Waals surface area contributed by atoms with Crippen molar-refractivity contribution in [3.63, 3.8) is 0 Å². The van der Waals surface area contributed by atoms with E-state index in [2.05, 4.69) is 10.3 Å². The number of nitrogens with zero attached hydrogens (tertiary/aromatic N) is 4. The fourth-order valence-corrected chi connectivity index (χ4v) is 4.25. The van der Waals surface area contributed by atoms with E-state index in [1.165, 1.54) is 11.1 Å². The number of hydrogen-bond donors (Lipinski definition) is 1. The zero-order valence-corrected chi connectivity index (χ0v) is 17.7. The van der Waals surface area contributed by atoms with Gasteiger partial charge in [-0.1, -0.05) is 11.6 Å². The summed E-state index contributed by atoms with van der Waals surface area (Å²) in [4.78, 5) is 43.0. The van der Waals surface area contributed by atoms with E-state index < -0.39 is 29.2 Å². The number of pyridine rings is 1. The van der Waals surface area contributed by atoms with Crippen molar-refractivity contribution in [3.05, 3.63) is 28.7 Å². The molecule has 2 aliphatic rings. The third-order valence-electron chi connectivity index (χ3n) is 5.47. The maximum absolute atomic E-state index is 13.6. The molecule has 3 amide bonds. The van der Waals surface area contributed by atoms with Gasteiger partial charge < -0.3 is 19.9 Å². The van der Waals surface area contributed by atoms with Crippen molar-refractivity contribution < 1.29 is 32.3 Å². The van der Waals surface area contributed by atoms with E-state index in [1.54, 1.807) is 4.90 Å². The third-order valence-corrected chi connectivity index (χ3v) is 5.84. The molecule has 0 unspecified atom stereocenters. The second-order valence-corrected chi connectivity index (χ2v) is 7.96. The molecule has 13 heteroatoms. The average Bonchev–Trinajstić information content (AvgIpc) is 3.29. The van der Waals surface area contributed by atoms with Gasteiger partial charge in [0.25, 0.3) is 5.91 Å². The topological polar surface area (TPSA) is 96.2 Å². The SMILES string of the molecule is CC(=O)Nc1cc(C(F)(F)F)c2nc(C(=O)N3CCC(N4CCOC4=O)CC3)c(Cl)n2c1. The zero-order valence-electron chi connectivity index (χ0n) is 16.9. The van der Waals surface area contributed by atoms with Gasteiger partial charge in [0.15, 0.2) is 11.3 Å². The molecule has 4 rings (SSSR count). The van der Waals surface area contributed by atoms with Crippen LogP contribution in [0.1, 0.15) is 35.8 Å². The number of amides is 3. The first-order valence-corrected chi connectivity index (χ1v) is 10.2. The Bertz CT molecular complexity index is 1090. The van der Waals surface area contributed by atoms with Crippen LogP contribution in [0.4, 0.5) is 23.7 Å². The number of carbonyl (C=O) groups is 3. The van der Waals surface area contributed by atoms with Crippen molar-refractivity contribution in [2.45, 2.75) is 32.0 Å². The van der Waals surface area contributed by atoms with Gasteiger partial charge in [0.05, 0.1) is 12.2 Å². The molecular weight excluding hydrogens is 455 g/mol. The van der Waals surface area contributed by atoms with Crippen molar-refractivity contribution in [2.75, 3.05) is 31.6 Å². The van der Waals surface area contributed by atoms with E-state index in [0.717, 1.165) is 17.4 Å². The number of carbonyl (C=O) groups excluding carboxylic acids is 3. The largest absolute Gasteiger partial charge is 0.448 e. The monoisotopic (exact) mass is 473 g/mol. The number of nitrogens with one attached hydrogen (secondary N) is 1. The van der Waals surface area contributed by atoms with Gasteiger partial charge in [-0.05, 0) is 18.9 Å². The average molecular weight is 474 g/mol. The third kappa shape index (κ3) is 4.06. The number of likely N-dealkylation sites (tertiary alicyclic amines) is 1. The summed E-state index contributed by atoms with van der Waals surface area (Å²) in [5.74, 6) is -1.16. The molecule has 0 radical (unpaired) electrons. The molecule has 2 saturated heterocycles. The Hall–Kier alpha value is -3.02. The number of halogens is 4. The van der Waals surface area contributed by atoms with Gasteiger partial charge in [-0.2, -0.15) is 13.2 Å². The molecule has 0 saturated carbocycles. The molecule has 0 bridgehead atoms. The minimum Gasteiger partial charge on any atom is -0.448 e. The Morgan fingerprint density at radius 3 is 2.50 bits per heavy atom. The van der Waals surface area contributed by atoms with Crippen LogP contribution in [-0.2, 0) is 15.7 Å². The lowest BCUT2D eigenvalue weighted by Crippen LogP contribution is -2.47. The first kappa shape index (κ1) is 22.2. The fourth-order valence-electron chi connectivity index (χ4n) is 4.00. The summed E-state index contributed by atoms with van der Waals surface area (Å²) in [6.45, 7) is 2.57. The lowest BCUT2D eigenvalue weighted by Gasteiger charge is -2.35. The fraction of sp³-hybridized carbons (Fsp3) is 0.474. The lowest BCUT2D eigenvalue weighted by molar-refractivity contribution is -0.136. The van der Waals surface area contributed by atoms with Crippen molar-refractivity contribution in [1.82, 2.24) is 19.2 Å².